The number of fused-ring (bicyclic) bond motifs is 1. The van der Waals surface area contributed by atoms with Crippen LogP contribution in [0.15, 0.2) is 77.4 Å². The summed E-state index contributed by atoms with van der Waals surface area (Å²) in [4.78, 5) is 31.6. The number of carbonyl (C=O) groups is 2. The van der Waals surface area contributed by atoms with Crippen LogP contribution in [-0.4, -0.2) is 37.6 Å². The minimum Gasteiger partial charge on any atom is -0.497 e. The summed E-state index contributed by atoms with van der Waals surface area (Å²) in [5.74, 6) is -0.128. The van der Waals surface area contributed by atoms with E-state index in [9.17, 15) is 9.59 Å². The lowest BCUT2D eigenvalue weighted by molar-refractivity contribution is -0.129. The van der Waals surface area contributed by atoms with Gasteiger partial charge in [-0.3, -0.25) is 19.9 Å². The Balaban J connectivity index is 1.47. The Bertz CT molecular complexity index is 1230. The molecule has 0 spiro atoms. The van der Waals surface area contributed by atoms with Crippen LogP contribution in [0.3, 0.4) is 0 Å². The van der Waals surface area contributed by atoms with Crippen molar-refractivity contribution >= 4 is 38.5 Å². The number of hydrogen-bond acceptors (Lipinski definition) is 5. The summed E-state index contributed by atoms with van der Waals surface area (Å²) in [6, 6.07) is 20.7. The SMILES string of the molecule is COc1ccc2cc([C@H](C)C(=O)N[C@@H](Cc3ccccc3)C(=O)NC[C@H]3C=C(Br)NO3)ccc2c1. The molecule has 0 bridgehead atoms. The first-order chi connectivity index (χ1) is 16.9. The lowest BCUT2D eigenvalue weighted by atomic mass is 9.96. The van der Waals surface area contributed by atoms with Gasteiger partial charge in [0.25, 0.3) is 0 Å². The number of ether oxygens (including phenoxy) is 1. The third-order valence-electron chi connectivity index (χ3n) is 6.00. The number of carbonyl (C=O) groups excluding carboxylic acids is 2. The van der Waals surface area contributed by atoms with E-state index in [1.807, 2.05) is 79.7 Å². The Morgan fingerprint density at radius 2 is 1.80 bits per heavy atom. The minimum atomic E-state index is -0.723. The first kappa shape index (κ1) is 24.8. The monoisotopic (exact) mass is 537 g/mol. The molecule has 35 heavy (non-hydrogen) atoms. The van der Waals surface area contributed by atoms with Crippen LogP contribution in [0.2, 0.25) is 0 Å². The molecule has 182 valence electrons. The highest BCUT2D eigenvalue weighted by Gasteiger charge is 2.26. The van der Waals surface area contributed by atoms with Crippen LogP contribution in [0.5, 0.6) is 5.75 Å². The molecule has 0 saturated heterocycles. The lowest BCUT2D eigenvalue weighted by Crippen LogP contribution is -2.50. The van der Waals surface area contributed by atoms with Gasteiger partial charge in [-0.2, -0.15) is 0 Å². The lowest BCUT2D eigenvalue weighted by Gasteiger charge is -2.22. The molecule has 0 radical (unpaired) electrons. The van der Waals surface area contributed by atoms with Gasteiger partial charge in [0.05, 0.1) is 19.6 Å². The normalized spacial score (nSPS) is 16.7. The number of halogens is 1. The molecule has 1 aliphatic rings. The highest BCUT2D eigenvalue weighted by molar-refractivity contribution is 9.11. The van der Waals surface area contributed by atoms with Crippen LogP contribution in [0.1, 0.15) is 24.0 Å². The molecule has 0 unspecified atom stereocenters. The van der Waals surface area contributed by atoms with Gasteiger partial charge in [-0.05, 0) is 63.0 Å². The fraction of sp³-hybridized carbons (Fsp3) is 0.259. The Hall–Kier alpha value is -3.36. The zero-order chi connectivity index (χ0) is 24.8. The van der Waals surface area contributed by atoms with Crippen LogP contribution in [0.4, 0.5) is 0 Å². The molecule has 3 atom stereocenters. The van der Waals surface area contributed by atoms with Crippen molar-refractivity contribution in [3.8, 4) is 5.75 Å². The number of nitrogens with one attached hydrogen (secondary N) is 3. The summed E-state index contributed by atoms with van der Waals surface area (Å²) in [6.07, 6.45) is 1.91. The van der Waals surface area contributed by atoms with E-state index < -0.39 is 12.0 Å². The van der Waals surface area contributed by atoms with Crippen LogP contribution < -0.4 is 20.9 Å². The number of hydrogen-bond donors (Lipinski definition) is 3. The van der Waals surface area contributed by atoms with Gasteiger partial charge in [0.15, 0.2) is 0 Å². The van der Waals surface area contributed by atoms with Crippen molar-refractivity contribution in [1.29, 1.82) is 0 Å². The first-order valence-corrected chi connectivity index (χ1v) is 12.2. The summed E-state index contributed by atoms with van der Waals surface area (Å²) in [7, 11) is 1.64. The maximum Gasteiger partial charge on any atom is 0.243 e. The average Bonchev–Trinajstić information content (AvgIpc) is 3.31. The maximum absolute atomic E-state index is 13.2. The molecule has 1 heterocycles. The van der Waals surface area contributed by atoms with Crippen molar-refractivity contribution in [3.63, 3.8) is 0 Å². The number of methoxy groups -OCH3 is 1. The van der Waals surface area contributed by atoms with E-state index in [1.165, 1.54) is 0 Å². The van der Waals surface area contributed by atoms with Gasteiger partial charge in [0.1, 0.15) is 22.5 Å². The molecule has 0 aliphatic carbocycles. The zero-order valence-corrected chi connectivity index (χ0v) is 21.2. The summed E-state index contributed by atoms with van der Waals surface area (Å²) in [6.45, 7) is 2.13. The Morgan fingerprint density at radius 1 is 1.06 bits per heavy atom. The summed E-state index contributed by atoms with van der Waals surface area (Å²) in [5.41, 5.74) is 4.53. The van der Waals surface area contributed by atoms with Gasteiger partial charge in [-0.1, -0.05) is 54.6 Å². The number of amides is 2. The van der Waals surface area contributed by atoms with Crippen molar-refractivity contribution in [2.45, 2.75) is 31.4 Å². The molecule has 3 aromatic rings. The maximum atomic E-state index is 13.2. The van der Waals surface area contributed by atoms with E-state index in [4.69, 9.17) is 9.57 Å². The van der Waals surface area contributed by atoms with Gasteiger partial charge in [0, 0.05) is 6.42 Å². The molecular formula is C27H28BrN3O4. The molecule has 1 aliphatic heterocycles. The van der Waals surface area contributed by atoms with Crippen LogP contribution >= 0.6 is 15.9 Å². The van der Waals surface area contributed by atoms with Gasteiger partial charge >= 0.3 is 0 Å². The Kier molecular flexibility index (Phi) is 8.05. The highest BCUT2D eigenvalue weighted by Crippen LogP contribution is 2.25. The van der Waals surface area contributed by atoms with Crippen LogP contribution in [0.25, 0.3) is 10.8 Å². The molecule has 0 fully saturated rings. The summed E-state index contributed by atoms with van der Waals surface area (Å²) < 4.78 is 6.01. The van der Waals surface area contributed by atoms with E-state index in [1.54, 1.807) is 7.11 Å². The number of hydroxylamine groups is 1. The molecule has 0 aromatic heterocycles. The van der Waals surface area contributed by atoms with E-state index in [0.717, 1.165) is 27.6 Å². The minimum absolute atomic E-state index is 0.213. The molecule has 4 rings (SSSR count). The van der Waals surface area contributed by atoms with Crippen molar-refractivity contribution in [3.05, 3.63) is 88.5 Å². The highest BCUT2D eigenvalue weighted by atomic mass is 79.9. The average molecular weight is 538 g/mol. The smallest absolute Gasteiger partial charge is 0.243 e. The molecule has 8 heteroatoms. The number of rotatable bonds is 9. The molecule has 0 saturated carbocycles. The quantitative estimate of drug-likeness (QED) is 0.360. The third kappa shape index (κ3) is 6.41. The fourth-order valence-corrected chi connectivity index (χ4v) is 4.32. The molecule has 7 nitrogen and oxygen atoms in total. The fourth-order valence-electron chi connectivity index (χ4n) is 3.93. The predicted octanol–water partition coefficient (Wildman–Crippen LogP) is 3.94. The standard InChI is InChI=1S/C27H28BrN3O4/c1-17(19-8-9-21-14-22(34-2)11-10-20(21)13-19)26(32)30-24(12-18-6-4-3-5-7-18)27(33)29-16-23-15-25(28)31-35-23/h3-11,13-15,17,23-24,31H,12,16H2,1-2H3,(H,29,33)(H,30,32)/t17-,23+,24-/m0/s1. The van der Waals surface area contributed by atoms with Gasteiger partial charge in [-0.25, -0.2) is 0 Å². The van der Waals surface area contributed by atoms with Crippen molar-refractivity contribution in [1.82, 2.24) is 16.1 Å². The zero-order valence-electron chi connectivity index (χ0n) is 19.6. The molecule has 3 aromatic carbocycles. The second-order valence-electron chi connectivity index (χ2n) is 8.46. The molecule has 2 amide bonds. The Morgan fingerprint density at radius 3 is 2.51 bits per heavy atom. The van der Waals surface area contributed by atoms with Crippen molar-refractivity contribution in [2.24, 2.45) is 0 Å². The number of benzene rings is 3. The predicted molar refractivity (Wildman–Crippen MR) is 139 cm³/mol. The van der Waals surface area contributed by atoms with E-state index in [2.05, 4.69) is 32.0 Å². The third-order valence-corrected chi connectivity index (χ3v) is 6.42. The van der Waals surface area contributed by atoms with Gasteiger partial charge < -0.3 is 15.4 Å². The summed E-state index contributed by atoms with van der Waals surface area (Å²) in [5, 5.41) is 7.90. The van der Waals surface area contributed by atoms with E-state index in [0.29, 0.717) is 11.0 Å². The van der Waals surface area contributed by atoms with Crippen molar-refractivity contribution in [2.75, 3.05) is 13.7 Å². The van der Waals surface area contributed by atoms with Crippen LogP contribution in [-0.2, 0) is 20.8 Å². The second kappa shape index (κ2) is 11.4. The topological polar surface area (TPSA) is 88.7 Å². The molecular weight excluding hydrogens is 510 g/mol. The Labute approximate surface area is 213 Å². The van der Waals surface area contributed by atoms with Gasteiger partial charge in [0.2, 0.25) is 11.8 Å². The summed E-state index contributed by atoms with van der Waals surface area (Å²) >= 11 is 3.30. The van der Waals surface area contributed by atoms with E-state index >= 15 is 0 Å². The molecule has 3 N–H and O–H groups in total. The first-order valence-electron chi connectivity index (χ1n) is 11.4. The van der Waals surface area contributed by atoms with E-state index in [-0.39, 0.29) is 24.5 Å². The van der Waals surface area contributed by atoms with Crippen molar-refractivity contribution < 1.29 is 19.2 Å². The van der Waals surface area contributed by atoms with Crippen LogP contribution in [0, 0.1) is 0 Å². The largest absolute Gasteiger partial charge is 0.497 e. The van der Waals surface area contributed by atoms with Gasteiger partial charge in [-0.15, -0.1) is 0 Å². The second-order valence-corrected chi connectivity index (χ2v) is 9.32.